The molecule has 0 unspecified atom stereocenters. The molecule has 0 bridgehead atoms. The minimum Gasteiger partial charge on any atom is -0.457 e. The third kappa shape index (κ3) is 4.74. The Labute approximate surface area is 98.3 Å². The van der Waals surface area contributed by atoms with Crippen molar-refractivity contribution in [3.8, 4) is 0 Å². The van der Waals surface area contributed by atoms with Crippen molar-refractivity contribution in [3.05, 3.63) is 35.9 Å². The fraction of sp³-hybridized carbons (Fsp3) is 0.333. The number of rotatable bonds is 7. The first-order valence-corrected chi connectivity index (χ1v) is 5.16. The average molecular weight is 240 g/mol. The molecule has 0 N–H and O–H groups in total. The Morgan fingerprint density at radius 3 is 2.41 bits per heavy atom. The van der Waals surface area contributed by atoms with E-state index in [1.165, 1.54) is 12.1 Å². The molecule has 0 amide bonds. The molecule has 0 aromatic heterocycles. The number of Topliss-reactive ketones (excluding diaryl/α,β-unsaturated/α-hetero) is 1. The average Bonchev–Trinajstić information content (AvgIpc) is 2.38. The highest BCUT2D eigenvalue weighted by molar-refractivity contribution is 6.40. The van der Waals surface area contributed by atoms with Gasteiger partial charge in [0.2, 0.25) is 0 Å². The van der Waals surface area contributed by atoms with Crippen LogP contribution in [0, 0.1) is 0 Å². The van der Waals surface area contributed by atoms with E-state index in [0.29, 0.717) is 0 Å². The van der Waals surface area contributed by atoms with Crippen molar-refractivity contribution in [2.45, 2.75) is 0 Å². The fourth-order valence-electron chi connectivity index (χ4n) is 1.12. The Kier molecular flexibility index (Phi) is 5.88. The maximum Gasteiger partial charge on any atom is 0.379 e. The molecule has 0 atom stereocenters. The quantitative estimate of drug-likeness (QED) is 0.313. The first-order valence-electron chi connectivity index (χ1n) is 5.16. The first kappa shape index (κ1) is 13.3. The number of hydrogen-bond acceptors (Lipinski definition) is 4. The van der Waals surface area contributed by atoms with Crippen molar-refractivity contribution in [2.75, 3.05) is 26.5 Å². The van der Waals surface area contributed by atoms with E-state index in [-0.39, 0.29) is 25.4 Å². The van der Waals surface area contributed by atoms with Gasteiger partial charge in [0.15, 0.2) is 0 Å². The van der Waals surface area contributed by atoms with E-state index in [0.717, 1.165) is 0 Å². The molecule has 0 fully saturated rings. The van der Waals surface area contributed by atoms with Gasteiger partial charge in [0, 0.05) is 5.56 Å². The van der Waals surface area contributed by atoms with Crippen LogP contribution in [0.1, 0.15) is 10.4 Å². The van der Waals surface area contributed by atoms with Crippen molar-refractivity contribution in [2.24, 2.45) is 0 Å². The molecule has 0 saturated heterocycles. The number of carbonyl (C=O) groups excluding carboxylic acids is 2. The Morgan fingerprint density at radius 1 is 1.06 bits per heavy atom. The van der Waals surface area contributed by atoms with Crippen molar-refractivity contribution < 1.29 is 23.5 Å². The van der Waals surface area contributed by atoms with E-state index in [9.17, 15) is 14.0 Å². The Hall–Kier alpha value is -1.75. The summed E-state index contributed by atoms with van der Waals surface area (Å²) in [4.78, 5) is 22.8. The highest BCUT2D eigenvalue weighted by atomic mass is 19.1. The SMILES string of the molecule is O=C(OCCOCCF)C(=O)c1ccccc1. The third-order valence-corrected chi connectivity index (χ3v) is 1.90. The summed E-state index contributed by atoms with van der Waals surface area (Å²) in [6, 6.07) is 8.12. The van der Waals surface area contributed by atoms with E-state index in [4.69, 9.17) is 4.74 Å². The smallest absolute Gasteiger partial charge is 0.379 e. The van der Waals surface area contributed by atoms with Gasteiger partial charge in [0.05, 0.1) is 13.2 Å². The molecule has 1 rings (SSSR count). The van der Waals surface area contributed by atoms with Gasteiger partial charge in [-0.2, -0.15) is 0 Å². The number of carbonyl (C=O) groups is 2. The summed E-state index contributed by atoms with van der Waals surface area (Å²) in [5.41, 5.74) is 0.280. The van der Waals surface area contributed by atoms with Crippen molar-refractivity contribution in [3.63, 3.8) is 0 Å². The zero-order valence-corrected chi connectivity index (χ0v) is 9.23. The number of benzene rings is 1. The topological polar surface area (TPSA) is 52.6 Å². The summed E-state index contributed by atoms with van der Waals surface area (Å²) >= 11 is 0. The summed E-state index contributed by atoms with van der Waals surface area (Å²) in [5.74, 6) is -1.63. The van der Waals surface area contributed by atoms with Crippen molar-refractivity contribution in [1.82, 2.24) is 0 Å². The molecular formula is C12H13FO4. The summed E-state index contributed by atoms with van der Waals surface area (Å²) in [6.07, 6.45) is 0. The summed E-state index contributed by atoms with van der Waals surface area (Å²) < 4.78 is 21.1. The van der Waals surface area contributed by atoms with E-state index in [1.807, 2.05) is 0 Å². The molecule has 1 aromatic carbocycles. The van der Waals surface area contributed by atoms with Crippen LogP contribution in [0.4, 0.5) is 4.39 Å². The Balaban J connectivity index is 2.31. The molecule has 0 aliphatic rings. The van der Waals surface area contributed by atoms with Gasteiger partial charge in [-0.25, -0.2) is 9.18 Å². The number of alkyl halides is 1. The Morgan fingerprint density at radius 2 is 1.76 bits per heavy atom. The van der Waals surface area contributed by atoms with Crippen LogP contribution in [-0.4, -0.2) is 38.2 Å². The van der Waals surface area contributed by atoms with Gasteiger partial charge in [-0.05, 0) is 0 Å². The van der Waals surface area contributed by atoms with E-state index in [2.05, 4.69) is 4.74 Å². The number of hydrogen-bond donors (Lipinski definition) is 0. The second kappa shape index (κ2) is 7.51. The van der Waals surface area contributed by atoms with Crippen LogP contribution in [0.15, 0.2) is 30.3 Å². The molecule has 0 heterocycles. The van der Waals surface area contributed by atoms with Crippen molar-refractivity contribution >= 4 is 11.8 Å². The number of ketones is 1. The molecule has 0 radical (unpaired) electrons. The zero-order chi connectivity index (χ0) is 12.5. The van der Waals surface area contributed by atoms with E-state index < -0.39 is 18.4 Å². The van der Waals surface area contributed by atoms with Gasteiger partial charge in [0.25, 0.3) is 5.78 Å². The van der Waals surface area contributed by atoms with Crippen LogP contribution in [-0.2, 0) is 14.3 Å². The van der Waals surface area contributed by atoms with Crippen LogP contribution >= 0.6 is 0 Å². The molecule has 5 heteroatoms. The Bertz CT molecular complexity index is 364. The van der Waals surface area contributed by atoms with Gasteiger partial charge < -0.3 is 9.47 Å². The van der Waals surface area contributed by atoms with Crippen LogP contribution in [0.3, 0.4) is 0 Å². The molecule has 0 spiro atoms. The predicted molar refractivity (Wildman–Crippen MR) is 58.5 cm³/mol. The molecular weight excluding hydrogens is 227 g/mol. The number of ether oxygens (including phenoxy) is 2. The molecule has 1 aromatic rings. The van der Waals surface area contributed by atoms with E-state index in [1.54, 1.807) is 18.2 Å². The first-order chi connectivity index (χ1) is 8.25. The molecule has 0 aliphatic heterocycles. The molecule has 4 nitrogen and oxygen atoms in total. The lowest BCUT2D eigenvalue weighted by Crippen LogP contribution is -2.20. The lowest BCUT2D eigenvalue weighted by Gasteiger charge is -2.04. The molecule has 0 saturated carbocycles. The lowest BCUT2D eigenvalue weighted by atomic mass is 10.1. The number of halogens is 1. The lowest BCUT2D eigenvalue weighted by molar-refractivity contribution is -0.139. The van der Waals surface area contributed by atoms with Gasteiger partial charge in [-0.3, -0.25) is 4.79 Å². The standard InChI is InChI=1S/C12H13FO4/c13-6-7-16-8-9-17-12(15)11(14)10-4-2-1-3-5-10/h1-5H,6-9H2. The maximum absolute atomic E-state index is 11.6. The van der Waals surface area contributed by atoms with Crippen LogP contribution in [0.2, 0.25) is 0 Å². The molecule has 17 heavy (non-hydrogen) atoms. The summed E-state index contributed by atoms with van der Waals surface area (Å²) in [5, 5.41) is 0. The van der Waals surface area contributed by atoms with Crippen LogP contribution < -0.4 is 0 Å². The van der Waals surface area contributed by atoms with Gasteiger partial charge in [-0.15, -0.1) is 0 Å². The van der Waals surface area contributed by atoms with Crippen LogP contribution in [0.25, 0.3) is 0 Å². The molecule has 0 aliphatic carbocycles. The third-order valence-electron chi connectivity index (χ3n) is 1.90. The van der Waals surface area contributed by atoms with E-state index >= 15 is 0 Å². The van der Waals surface area contributed by atoms with Crippen LogP contribution in [0.5, 0.6) is 0 Å². The van der Waals surface area contributed by atoms with Gasteiger partial charge in [-0.1, -0.05) is 30.3 Å². The predicted octanol–water partition coefficient (Wildman–Crippen LogP) is 1.40. The highest BCUT2D eigenvalue weighted by Crippen LogP contribution is 2.01. The molecule has 92 valence electrons. The normalized spacial score (nSPS) is 9.94. The van der Waals surface area contributed by atoms with Gasteiger partial charge in [0.1, 0.15) is 13.3 Å². The second-order valence-electron chi connectivity index (χ2n) is 3.13. The highest BCUT2D eigenvalue weighted by Gasteiger charge is 2.16. The number of esters is 1. The summed E-state index contributed by atoms with van der Waals surface area (Å²) in [7, 11) is 0. The zero-order valence-electron chi connectivity index (χ0n) is 9.23. The second-order valence-corrected chi connectivity index (χ2v) is 3.13. The largest absolute Gasteiger partial charge is 0.457 e. The van der Waals surface area contributed by atoms with Crippen molar-refractivity contribution in [1.29, 1.82) is 0 Å². The minimum absolute atomic E-state index is 0.0375. The van der Waals surface area contributed by atoms with Gasteiger partial charge >= 0.3 is 5.97 Å². The fourth-order valence-corrected chi connectivity index (χ4v) is 1.12. The minimum atomic E-state index is -0.931. The monoisotopic (exact) mass is 240 g/mol. The summed E-state index contributed by atoms with van der Waals surface area (Å²) in [6.45, 7) is -0.601. The maximum atomic E-state index is 11.6.